The fraction of sp³-hybridized carbons (Fsp3) is 0.435. The molecule has 0 aromatic heterocycles. The lowest BCUT2D eigenvalue weighted by Gasteiger charge is -2.35. The molecule has 1 saturated heterocycles. The number of carbonyl (C=O) groups is 1. The topological polar surface area (TPSA) is 94.2 Å². The molecule has 0 radical (unpaired) electrons. The van der Waals surface area contributed by atoms with Crippen LogP contribution in [0.4, 0.5) is 4.79 Å². The molecule has 2 aromatic carbocycles. The van der Waals surface area contributed by atoms with Gasteiger partial charge >= 0.3 is 6.09 Å². The Morgan fingerprint density at radius 2 is 1.93 bits per heavy atom. The monoisotopic (exact) mass is 414 g/mol. The van der Waals surface area contributed by atoms with Crippen molar-refractivity contribution in [1.82, 2.24) is 4.90 Å². The minimum Gasteiger partial charge on any atom is -0.496 e. The molecule has 7 nitrogen and oxygen atoms in total. The first-order chi connectivity index (χ1) is 14.6. The maximum atomic E-state index is 11.1. The van der Waals surface area contributed by atoms with Crippen molar-refractivity contribution in [3.63, 3.8) is 0 Å². The van der Waals surface area contributed by atoms with Gasteiger partial charge in [-0.1, -0.05) is 30.3 Å². The first-order valence-corrected chi connectivity index (χ1v) is 10.2. The Labute approximate surface area is 177 Å². The number of nitrogens with two attached hydrogens (primary N) is 1. The van der Waals surface area contributed by atoms with Gasteiger partial charge < -0.3 is 30.0 Å². The Morgan fingerprint density at radius 3 is 2.63 bits per heavy atom. The van der Waals surface area contributed by atoms with Gasteiger partial charge in [-0.15, -0.1) is 0 Å². The van der Waals surface area contributed by atoms with Crippen LogP contribution in [-0.4, -0.2) is 55.6 Å². The molecule has 3 rings (SSSR count). The summed E-state index contributed by atoms with van der Waals surface area (Å²) in [6, 6.07) is 15.6. The van der Waals surface area contributed by atoms with Gasteiger partial charge in [0, 0.05) is 37.0 Å². The zero-order valence-corrected chi connectivity index (χ0v) is 17.3. The van der Waals surface area contributed by atoms with Gasteiger partial charge in [-0.3, -0.25) is 0 Å². The normalized spacial score (nSPS) is 18.8. The smallest absolute Gasteiger partial charge is 0.407 e. The Morgan fingerprint density at radius 1 is 1.17 bits per heavy atom. The van der Waals surface area contributed by atoms with Gasteiger partial charge in [0.2, 0.25) is 0 Å². The molecular formula is C23H30N2O5. The highest BCUT2D eigenvalue weighted by Gasteiger charge is 2.29. The molecule has 0 saturated carbocycles. The van der Waals surface area contributed by atoms with Crippen molar-refractivity contribution in [3.8, 4) is 11.5 Å². The van der Waals surface area contributed by atoms with E-state index in [9.17, 15) is 4.79 Å². The summed E-state index contributed by atoms with van der Waals surface area (Å²) in [7, 11) is 1.66. The minimum atomic E-state index is -0.903. The second kappa shape index (κ2) is 10.8. The summed E-state index contributed by atoms with van der Waals surface area (Å²) in [5, 5.41) is 9.11. The third-order valence-corrected chi connectivity index (χ3v) is 5.39. The third-order valence-electron chi connectivity index (χ3n) is 5.39. The number of ether oxygens (including phenoxy) is 3. The van der Waals surface area contributed by atoms with Crippen molar-refractivity contribution in [1.29, 1.82) is 0 Å². The molecule has 1 aliphatic rings. The Bertz CT molecular complexity index is 811. The molecule has 1 heterocycles. The number of benzene rings is 2. The number of amides is 1. The number of hydrogen-bond acceptors (Lipinski definition) is 5. The zero-order chi connectivity index (χ0) is 21.3. The van der Waals surface area contributed by atoms with Gasteiger partial charge in [0.15, 0.2) is 0 Å². The van der Waals surface area contributed by atoms with Crippen molar-refractivity contribution >= 4 is 6.09 Å². The minimum absolute atomic E-state index is 0.165. The summed E-state index contributed by atoms with van der Waals surface area (Å²) < 4.78 is 16.8. The Kier molecular flexibility index (Phi) is 7.93. The van der Waals surface area contributed by atoms with E-state index in [-0.39, 0.29) is 12.0 Å². The number of hydrogen-bond donors (Lipinski definition) is 2. The van der Waals surface area contributed by atoms with E-state index in [2.05, 4.69) is 0 Å². The van der Waals surface area contributed by atoms with Crippen LogP contribution >= 0.6 is 0 Å². The van der Waals surface area contributed by atoms with Crippen LogP contribution in [-0.2, 0) is 11.3 Å². The predicted molar refractivity (Wildman–Crippen MR) is 114 cm³/mol. The highest BCUT2D eigenvalue weighted by atomic mass is 16.5. The molecule has 2 aromatic rings. The maximum Gasteiger partial charge on any atom is 0.407 e. The molecule has 0 spiro atoms. The van der Waals surface area contributed by atoms with Crippen LogP contribution in [0.3, 0.4) is 0 Å². The van der Waals surface area contributed by atoms with Gasteiger partial charge in [0.05, 0.1) is 26.9 Å². The van der Waals surface area contributed by atoms with Gasteiger partial charge in [-0.05, 0) is 30.2 Å². The van der Waals surface area contributed by atoms with Crippen LogP contribution < -0.4 is 15.2 Å². The summed E-state index contributed by atoms with van der Waals surface area (Å²) in [6.45, 7) is 2.57. The quantitative estimate of drug-likeness (QED) is 0.610. The van der Waals surface area contributed by atoms with Crippen molar-refractivity contribution in [3.05, 3.63) is 59.7 Å². The molecular weight excluding hydrogens is 384 g/mol. The second-order valence-electron chi connectivity index (χ2n) is 7.42. The van der Waals surface area contributed by atoms with Crippen LogP contribution in [0, 0.1) is 0 Å². The molecule has 3 N–H and O–H groups in total. The van der Waals surface area contributed by atoms with Crippen molar-refractivity contribution in [2.75, 3.05) is 33.4 Å². The lowest BCUT2D eigenvalue weighted by atomic mass is 9.86. The average Bonchev–Trinajstić information content (AvgIpc) is 2.76. The van der Waals surface area contributed by atoms with E-state index in [4.69, 9.17) is 25.1 Å². The van der Waals surface area contributed by atoms with Crippen LogP contribution in [0.15, 0.2) is 48.5 Å². The molecule has 1 aliphatic heterocycles. The van der Waals surface area contributed by atoms with E-state index in [0.717, 1.165) is 35.5 Å². The molecule has 2 atom stereocenters. The molecule has 7 heteroatoms. The molecule has 162 valence electrons. The van der Waals surface area contributed by atoms with Gasteiger partial charge in [0.1, 0.15) is 11.5 Å². The number of likely N-dealkylation sites (tertiary alicyclic amines) is 1. The van der Waals surface area contributed by atoms with E-state index in [1.807, 2.05) is 48.5 Å². The lowest BCUT2D eigenvalue weighted by Crippen LogP contribution is -2.49. The SMILES string of the molecule is COc1ccccc1COCCCOc1ccc(C2CCN(C(=O)O)CC2N)cc1. The number of methoxy groups -OCH3 is 1. The van der Waals surface area contributed by atoms with E-state index < -0.39 is 6.09 Å². The van der Waals surface area contributed by atoms with Crippen LogP contribution in [0.2, 0.25) is 0 Å². The lowest BCUT2D eigenvalue weighted by molar-refractivity contribution is 0.105. The van der Waals surface area contributed by atoms with Crippen molar-refractivity contribution in [2.45, 2.75) is 31.4 Å². The fourth-order valence-corrected chi connectivity index (χ4v) is 3.74. The third kappa shape index (κ3) is 5.87. The average molecular weight is 415 g/mol. The second-order valence-corrected chi connectivity index (χ2v) is 7.42. The Balaban J connectivity index is 1.37. The largest absolute Gasteiger partial charge is 0.496 e. The molecule has 1 fully saturated rings. The van der Waals surface area contributed by atoms with E-state index in [1.54, 1.807) is 7.11 Å². The number of carboxylic acid groups (broad SMARTS) is 1. The summed E-state index contributed by atoms with van der Waals surface area (Å²) in [4.78, 5) is 12.5. The van der Waals surface area contributed by atoms with E-state index in [1.165, 1.54) is 4.90 Å². The summed E-state index contributed by atoms with van der Waals surface area (Å²) in [5.41, 5.74) is 8.36. The highest BCUT2D eigenvalue weighted by molar-refractivity contribution is 5.65. The summed E-state index contributed by atoms with van der Waals surface area (Å²) >= 11 is 0. The number of rotatable bonds is 9. The first-order valence-electron chi connectivity index (χ1n) is 10.2. The number of piperidine rings is 1. The van der Waals surface area contributed by atoms with E-state index in [0.29, 0.717) is 32.9 Å². The van der Waals surface area contributed by atoms with Crippen molar-refractivity contribution < 1.29 is 24.1 Å². The Hall–Kier alpha value is -2.77. The van der Waals surface area contributed by atoms with Crippen LogP contribution in [0.25, 0.3) is 0 Å². The summed E-state index contributed by atoms with van der Waals surface area (Å²) in [6.07, 6.45) is 0.617. The maximum absolute atomic E-state index is 11.1. The molecule has 1 amide bonds. The fourth-order valence-electron chi connectivity index (χ4n) is 3.74. The molecule has 30 heavy (non-hydrogen) atoms. The van der Waals surface area contributed by atoms with Crippen LogP contribution in [0.1, 0.15) is 29.9 Å². The summed E-state index contributed by atoms with van der Waals surface area (Å²) in [5.74, 6) is 1.81. The first kappa shape index (κ1) is 21.9. The zero-order valence-electron chi connectivity index (χ0n) is 17.3. The van der Waals surface area contributed by atoms with Gasteiger partial charge in [-0.25, -0.2) is 4.79 Å². The highest BCUT2D eigenvalue weighted by Crippen LogP contribution is 2.28. The van der Waals surface area contributed by atoms with Crippen LogP contribution in [0.5, 0.6) is 11.5 Å². The number of para-hydroxylation sites is 1. The van der Waals surface area contributed by atoms with Gasteiger partial charge in [0.25, 0.3) is 0 Å². The number of nitrogens with zero attached hydrogens (tertiary/aromatic N) is 1. The predicted octanol–water partition coefficient (Wildman–Crippen LogP) is 3.48. The van der Waals surface area contributed by atoms with Gasteiger partial charge in [-0.2, -0.15) is 0 Å². The van der Waals surface area contributed by atoms with Crippen molar-refractivity contribution in [2.24, 2.45) is 5.73 Å². The standard InChI is InChI=1S/C23H30N2O5/c1-28-22-6-3-2-5-18(22)16-29-13-4-14-30-19-9-7-17(8-10-19)20-11-12-25(23(26)27)15-21(20)24/h2-3,5-10,20-21H,4,11-16,24H2,1H3,(H,26,27). The van der Waals surface area contributed by atoms with E-state index >= 15 is 0 Å². The molecule has 0 aliphatic carbocycles. The molecule has 0 bridgehead atoms. The molecule has 2 unspecified atom stereocenters.